The van der Waals surface area contributed by atoms with Gasteiger partial charge in [-0.2, -0.15) is 0 Å². The van der Waals surface area contributed by atoms with E-state index in [0.717, 1.165) is 0 Å². The molecule has 3 aliphatic heterocycles. The number of carboxylic acids is 1. The number of fused-ring (bicyclic) bond motifs is 3. The summed E-state index contributed by atoms with van der Waals surface area (Å²) in [6.07, 6.45) is 2.43. The lowest BCUT2D eigenvalue weighted by atomic mass is 9.82. The van der Waals surface area contributed by atoms with Crippen LogP contribution in [0.4, 0.5) is 5.69 Å². The standard InChI is InChI=1S/C16H15NO6/c18-15(13-10-3-4-11(23-10)14(13)16(19)20)17-8-1-2-9-12(7-8)22-6-5-21-9/h1-4,7,10-11,13-14H,5-6H2,(H,17,18)(H,19,20)/t10-,11+,13+,14+/m1/s1. The number of ether oxygens (including phenoxy) is 3. The van der Waals surface area contributed by atoms with Crippen LogP contribution in [0.25, 0.3) is 0 Å². The van der Waals surface area contributed by atoms with E-state index in [1.165, 1.54) is 0 Å². The molecule has 4 atom stereocenters. The summed E-state index contributed by atoms with van der Waals surface area (Å²) < 4.78 is 16.4. The monoisotopic (exact) mass is 317 g/mol. The highest BCUT2D eigenvalue weighted by molar-refractivity contribution is 5.96. The summed E-state index contributed by atoms with van der Waals surface area (Å²) >= 11 is 0. The van der Waals surface area contributed by atoms with Gasteiger partial charge in [0.05, 0.1) is 18.1 Å². The zero-order valence-corrected chi connectivity index (χ0v) is 12.1. The fraction of sp³-hybridized carbons (Fsp3) is 0.375. The molecule has 1 aromatic carbocycles. The quantitative estimate of drug-likeness (QED) is 0.809. The Morgan fingerprint density at radius 3 is 2.48 bits per heavy atom. The molecule has 0 aromatic heterocycles. The first-order chi connectivity index (χ1) is 11.1. The van der Waals surface area contributed by atoms with Crippen LogP contribution in [0.1, 0.15) is 0 Å². The highest BCUT2D eigenvalue weighted by atomic mass is 16.6. The van der Waals surface area contributed by atoms with E-state index in [1.807, 2.05) is 0 Å². The molecule has 0 spiro atoms. The number of hydrogen-bond acceptors (Lipinski definition) is 5. The van der Waals surface area contributed by atoms with Crippen molar-refractivity contribution in [2.45, 2.75) is 12.2 Å². The maximum absolute atomic E-state index is 12.5. The lowest BCUT2D eigenvalue weighted by molar-refractivity contribution is -0.145. The average Bonchev–Trinajstić information content (AvgIpc) is 3.15. The van der Waals surface area contributed by atoms with E-state index in [2.05, 4.69) is 5.32 Å². The van der Waals surface area contributed by atoms with Crippen LogP contribution in [-0.2, 0) is 14.3 Å². The minimum atomic E-state index is -1.02. The number of carbonyl (C=O) groups excluding carboxylic acids is 1. The number of aliphatic carboxylic acids is 1. The van der Waals surface area contributed by atoms with Crippen LogP contribution in [0, 0.1) is 11.8 Å². The third-order valence-electron chi connectivity index (χ3n) is 4.30. The molecule has 3 aliphatic rings. The fourth-order valence-corrected chi connectivity index (χ4v) is 3.26. The molecule has 2 bridgehead atoms. The second kappa shape index (κ2) is 5.27. The summed E-state index contributed by atoms with van der Waals surface area (Å²) in [5.41, 5.74) is 0.537. The highest BCUT2D eigenvalue weighted by Gasteiger charge is 2.53. The molecular weight excluding hydrogens is 302 g/mol. The van der Waals surface area contributed by atoms with E-state index in [0.29, 0.717) is 30.4 Å². The maximum Gasteiger partial charge on any atom is 0.310 e. The molecule has 23 heavy (non-hydrogen) atoms. The number of benzene rings is 1. The largest absolute Gasteiger partial charge is 0.486 e. The van der Waals surface area contributed by atoms with Gasteiger partial charge in [-0.15, -0.1) is 0 Å². The Hall–Kier alpha value is -2.54. The van der Waals surface area contributed by atoms with E-state index in [4.69, 9.17) is 14.2 Å². The number of nitrogens with one attached hydrogen (secondary N) is 1. The summed E-state index contributed by atoms with van der Waals surface area (Å²) in [6.45, 7) is 0.949. The first kappa shape index (κ1) is 14.1. The number of hydrogen-bond donors (Lipinski definition) is 2. The van der Waals surface area contributed by atoms with Gasteiger partial charge in [-0.3, -0.25) is 9.59 Å². The Labute approximate surface area is 131 Å². The van der Waals surface area contributed by atoms with Gasteiger partial charge in [0, 0.05) is 11.8 Å². The fourth-order valence-electron chi connectivity index (χ4n) is 3.26. The normalized spacial score (nSPS) is 30.3. The maximum atomic E-state index is 12.5. The van der Waals surface area contributed by atoms with Crippen molar-refractivity contribution in [2.75, 3.05) is 18.5 Å². The minimum Gasteiger partial charge on any atom is -0.486 e. The van der Waals surface area contributed by atoms with Gasteiger partial charge < -0.3 is 24.6 Å². The zero-order valence-electron chi connectivity index (χ0n) is 12.1. The molecule has 1 saturated heterocycles. The molecule has 4 rings (SSSR count). The van der Waals surface area contributed by atoms with Crippen LogP contribution in [-0.4, -0.2) is 42.4 Å². The smallest absolute Gasteiger partial charge is 0.310 e. The molecular formula is C16H15NO6. The number of carbonyl (C=O) groups is 2. The highest BCUT2D eigenvalue weighted by Crippen LogP contribution is 2.40. The van der Waals surface area contributed by atoms with Crippen molar-refractivity contribution >= 4 is 17.6 Å². The van der Waals surface area contributed by atoms with Crippen LogP contribution in [0.15, 0.2) is 30.4 Å². The first-order valence-electron chi connectivity index (χ1n) is 7.40. The lowest BCUT2D eigenvalue weighted by Crippen LogP contribution is -2.39. The van der Waals surface area contributed by atoms with Crippen LogP contribution < -0.4 is 14.8 Å². The second-order valence-corrected chi connectivity index (χ2v) is 5.69. The van der Waals surface area contributed by atoms with Gasteiger partial charge in [0.25, 0.3) is 0 Å². The van der Waals surface area contributed by atoms with Crippen molar-refractivity contribution in [3.8, 4) is 11.5 Å². The van der Waals surface area contributed by atoms with Gasteiger partial charge >= 0.3 is 5.97 Å². The summed E-state index contributed by atoms with van der Waals surface area (Å²) in [6, 6.07) is 5.09. The molecule has 0 radical (unpaired) electrons. The van der Waals surface area contributed by atoms with Crippen molar-refractivity contribution in [3.63, 3.8) is 0 Å². The number of amides is 1. The molecule has 0 saturated carbocycles. The van der Waals surface area contributed by atoms with Crippen LogP contribution in [0.5, 0.6) is 11.5 Å². The third kappa shape index (κ3) is 2.33. The van der Waals surface area contributed by atoms with Crippen LogP contribution in [0.2, 0.25) is 0 Å². The van der Waals surface area contributed by atoms with Gasteiger partial charge in [0.1, 0.15) is 19.1 Å². The van der Waals surface area contributed by atoms with Gasteiger partial charge in [0.15, 0.2) is 11.5 Å². The Morgan fingerprint density at radius 1 is 1.04 bits per heavy atom. The molecule has 7 nitrogen and oxygen atoms in total. The zero-order chi connectivity index (χ0) is 16.0. The number of anilines is 1. The summed E-state index contributed by atoms with van der Waals surface area (Å²) in [7, 11) is 0. The molecule has 0 aliphatic carbocycles. The number of carboxylic acid groups (broad SMARTS) is 1. The van der Waals surface area contributed by atoms with Gasteiger partial charge in [-0.05, 0) is 12.1 Å². The summed E-state index contributed by atoms with van der Waals surface area (Å²) in [5.74, 6) is -1.80. The van der Waals surface area contributed by atoms with Gasteiger partial charge in [0.2, 0.25) is 5.91 Å². The lowest BCUT2D eigenvalue weighted by Gasteiger charge is -2.22. The molecule has 1 fully saturated rings. The Balaban J connectivity index is 1.54. The van der Waals surface area contributed by atoms with Crippen molar-refractivity contribution in [2.24, 2.45) is 11.8 Å². The van der Waals surface area contributed by atoms with E-state index >= 15 is 0 Å². The third-order valence-corrected chi connectivity index (χ3v) is 4.30. The minimum absolute atomic E-state index is 0.370. The predicted molar refractivity (Wildman–Crippen MR) is 78.5 cm³/mol. The average molecular weight is 317 g/mol. The van der Waals surface area contributed by atoms with E-state index in [9.17, 15) is 14.7 Å². The molecule has 7 heteroatoms. The van der Waals surface area contributed by atoms with Crippen molar-refractivity contribution in [1.29, 1.82) is 0 Å². The molecule has 2 N–H and O–H groups in total. The Morgan fingerprint density at radius 2 is 1.74 bits per heavy atom. The predicted octanol–water partition coefficient (Wildman–Crippen LogP) is 1.05. The van der Waals surface area contributed by atoms with E-state index < -0.39 is 30.0 Å². The van der Waals surface area contributed by atoms with Crippen LogP contribution in [0.3, 0.4) is 0 Å². The Kier molecular flexibility index (Phi) is 3.23. The molecule has 120 valence electrons. The second-order valence-electron chi connectivity index (χ2n) is 5.69. The van der Waals surface area contributed by atoms with E-state index in [1.54, 1.807) is 30.4 Å². The molecule has 3 heterocycles. The summed E-state index contributed by atoms with van der Waals surface area (Å²) in [5, 5.41) is 12.1. The van der Waals surface area contributed by atoms with Crippen molar-refractivity contribution in [1.82, 2.24) is 0 Å². The van der Waals surface area contributed by atoms with Crippen molar-refractivity contribution in [3.05, 3.63) is 30.4 Å². The van der Waals surface area contributed by atoms with Crippen molar-refractivity contribution < 1.29 is 28.9 Å². The summed E-state index contributed by atoms with van der Waals surface area (Å²) in [4.78, 5) is 23.9. The topological polar surface area (TPSA) is 94.1 Å². The van der Waals surface area contributed by atoms with Gasteiger partial charge in [-0.1, -0.05) is 12.2 Å². The Bertz CT molecular complexity index is 700. The molecule has 1 amide bonds. The number of rotatable bonds is 3. The first-order valence-corrected chi connectivity index (χ1v) is 7.40. The SMILES string of the molecule is O=C(O)[C@@H]1[C@@H](C(=O)Nc2ccc3c(c2)OCCO3)[C@H]2C=C[C@@H]1O2. The van der Waals surface area contributed by atoms with Crippen LogP contribution >= 0.6 is 0 Å². The van der Waals surface area contributed by atoms with E-state index in [-0.39, 0.29) is 5.91 Å². The van der Waals surface area contributed by atoms with Gasteiger partial charge in [-0.25, -0.2) is 0 Å². The molecule has 1 aromatic rings. The molecule has 0 unspecified atom stereocenters.